The summed E-state index contributed by atoms with van der Waals surface area (Å²) in [5.41, 5.74) is 11.8. The fourth-order valence-electron chi connectivity index (χ4n) is 0.965. The van der Waals surface area contributed by atoms with Crippen molar-refractivity contribution < 1.29 is 9.50 Å². The van der Waals surface area contributed by atoms with E-state index in [2.05, 4.69) is 0 Å². The van der Waals surface area contributed by atoms with Gasteiger partial charge in [-0.1, -0.05) is 0 Å². The van der Waals surface area contributed by atoms with Gasteiger partial charge in [-0.3, -0.25) is 0 Å². The highest BCUT2D eigenvalue weighted by Crippen LogP contribution is 2.18. The summed E-state index contributed by atoms with van der Waals surface area (Å²) >= 11 is 0. The normalized spacial score (nSPS) is 12.9. The van der Waals surface area contributed by atoms with Crippen molar-refractivity contribution in [1.82, 2.24) is 0 Å². The Bertz CT molecular complexity index is 278. The lowest BCUT2D eigenvalue weighted by Gasteiger charge is -2.10. The number of aliphatic hydroxyl groups is 1. The van der Waals surface area contributed by atoms with Crippen LogP contribution in [0.5, 0.6) is 0 Å². The first-order valence-corrected chi connectivity index (χ1v) is 3.56. The van der Waals surface area contributed by atoms with Crippen LogP contribution in [0.4, 0.5) is 10.1 Å². The molecule has 1 rings (SSSR count). The number of anilines is 1. The Morgan fingerprint density at radius 2 is 2.17 bits per heavy atom. The molecule has 0 aliphatic heterocycles. The van der Waals surface area contributed by atoms with Crippen LogP contribution in [-0.2, 0) is 0 Å². The minimum atomic E-state index is -0.610. The topological polar surface area (TPSA) is 72.3 Å². The maximum atomic E-state index is 12.7. The number of aliphatic hydroxyl groups excluding tert-OH is 1. The standard InChI is InChI=1S/C8H11FN2O/c9-5-1-2-7(10)6(3-5)8(11)4-12/h1-3,8,12H,4,10-11H2. The molecule has 5 N–H and O–H groups in total. The number of nitrogens with two attached hydrogens (primary N) is 2. The summed E-state index contributed by atoms with van der Waals surface area (Å²) < 4.78 is 12.7. The van der Waals surface area contributed by atoms with Crippen molar-refractivity contribution in [1.29, 1.82) is 0 Å². The molecule has 0 aliphatic rings. The summed E-state index contributed by atoms with van der Waals surface area (Å²) in [5, 5.41) is 8.70. The lowest BCUT2D eigenvalue weighted by atomic mass is 10.1. The molecule has 0 bridgehead atoms. The van der Waals surface area contributed by atoms with Gasteiger partial charge in [-0.15, -0.1) is 0 Å². The Kier molecular flexibility index (Phi) is 2.62. The Morgan fingerprint density at radius 3 is 2.75 bits per heavy atom. The van der Waals surface area contributed by atoms with Crippen LogP contribution in [0.25, 0.3) is 0 Å². The van der Waals surface area contributed by atoms with Crippen LogP contribution in [-0.4, -0.2) is 11.7 Å². The maximum Gasteiger partial charge on any atom is 0.123 e. The Labute approximate surface area is 69.8 Å². The summed E-state index contributed by atoms with van der Waals surface area (Å²) in [6, 6.07) is 3.31. The van der Waals surface area contributed by atoms with Gasteiger partial charge in [0.25, 0.3) is 0 Å². The molecule has 3 nitrogen and oxygen atoms in total. The molecular weight excluding hydrogens is 159 g/mol. The summed E-state index contributed by atoms with van der Waals surface area (Å²) in [6.45, 7) is -0.242. The van der Waals surface area contributed by atoms with Crippen LogP contribution in [0.1, 0.15) is 11.6 Å². The van der Waals surface area contributed by atoms with E-state index < -0.39 is 11.9 Å². The van der Waals surface area contributed by atoms with Crippen LogP contribution in [0.3, 0.4) is 0 Å². The predicted octanol–water partition coefficient (Wildman–Crippen LogP) is 0.400. The summed E-state index contributed by atoms with van der Waals surface area (Å²) in [6.07, 6.45) is 0. The van der Waals surface area contributed by atoms with E-state index in [1.54, 1.807) is 0 Å². The van der Waals surface area contributed by atoms with Crippen LogP contribution in [0.15, 0.2) is 18.2 Å². The summed E-state index contributed by atoms with van der Waals surface area (Å²) in [4.78, 5) is 0. The van der Waals surface area contributed by atoms with Crippen molar-refractivity contribution in [3.63, 3.8) is 0 Å². The molecule has 1 unspecified atom stereocenters. The molecule has 0 radical (unpaired) electrons. The minimum absolute atomic E-state index is 0.242. The zero-order valence-corrected chi connectivity index (χ0v) is 6.50. The minimum Gasteiger partial charge on any atom is -0.398 e. The monoisotopic (exact) mass is 170 g/mol. The molecule has 0 aliphatic carbocycles. The van der Waals surface area contributed by atoms with Gasteiger partial charge in [0, 0.05) is 5.69 Å². The molecule has 66 valence electrons. The van der Waals surface area contributed by atoms with E-state index in [0.717, 1.165) is 0 Å². The number of benzene rings is 1. The van der Waals surface area contributed by atoms with Crippen molar-refractivity contribution >= 4 is 5.69 Å². The van der Waals surface area contributed by atoms with E-state index in [9.17, 15) is 4.39 Å². The lowest BCUT2D eigenvalue weighted by molar-refractivity contribution is 0.268. The van der Waals surface area contributed by atoms with Gasteiger partial charge in [-0.05, 0) is 23.8 Å². The van der Waals surface area contributed by atoms with Crippen molar-refractivity contribution in [2.24, 2.45) is 5.73 Å². The van der Waals surface area contributed by atoms with E-state index in [4.69, 9.17) is 16.6 Å². The van der Waals surface area contributed by atoms with E-state index in [1.165, 1.54) is 18.2 Å². The van der Waals surface area contributed by atoms with Crippen molar-refractivity contribution in [2.75, 3.05) is 12.3 Å². The molecule has 0 aromatic heterocycles. The fourth-order valence-corrected chi connectivity index (χ4v) is 0.965. The van der Waals surface area contributed by atoms with Crippen molar-refractivity contribution in [3.8, 4) is 0 Å². The zero-order valence-electron chi connectivity index (χ0n) is 6.50. The molecule has 1 atom stereocenters. The van der Waals surface area contributed by atoms with Crippen LogP contribution in [0.2, 0.25) is 0 Å². The number of rotatable bonds is 2. The maximum absolute atomic E-state index is 12.7. The van der Waals surface area contributed by atoms with Crippen molar-refractivity contribution in [3.05, 3.63) is 29.6 Å². The molecule has 0 saturated heterocycles. The molecule has 0 amide bonds. The number of halogens is 1. The highest BCUT2D eigenvalue weighted by atomic mass is 19.1. The molecular formula is C8H11FN2O. The van der Waals surface area contributed by atoms with E-state index in [-0.39, 0.29) is 6.61 Å². The van der Waals surface area contributed by atoms with Crippen LogP contribution < -0.4 is 11.5 Å². The van der Waals surface area contributed by atoms with Gasteiger partial charge >= 0.3 is 0 Å². The van der Waals surface area contributed by atoms with Crippen molar-refractivity contribution in [2.45, 2.75) is 6.04 Å². The van der Waals surface area contributed by atoms with Crippen LogP contribution in [0, 0.1) is 5.82 Å². The lowest BCUT2D eigenvalue weighted by Crippen LogP contribution is -2.16. The highest BCUT2D eigenvalue weighted by molar-refractivity contribution is 5.48. The average Bonchev–Trinajstić information content (AvgIpc) is 2.08. The molecule has 1 aromatic carbocycles. The quantitative estimate of drug-likeness (QED) is 0.562. The second kappa shape index (κ2) is 3.51. The first-order chi connectivity index (χ1) is 5.65. The molecule has 0 spiro atoms. The second-order valence-corrected chi connectivity index (χ2v) is 2.56. The largest absolute Gasteiger partial charge is 0.398 e. The highest BCUT2D eigenvalue weighted by Gasteiger charge is 2.08. The number of hydrogen-bond acceptors (Lipinski definition) is 3. The van der Waals surface area contributed by atoms with E-state index in [1.807, 2.05) is 0 Å². The smallest absolute Gasteiger partial charge is 0.123 e. The second-order valence-electron chi connectivity index (χ2n) is 2.56. The first-order valence-electron chi connectivity index (χ1n) is 3.56. The van der Waals surface area contributed by atoms with Gasteiger partial charge in [0.1, 0.15) is 5.82 Å². The fraction of sp³-hybridized carbons (Fsp3) is 0.250. The summed E-state index contributed by atoms with van der Waals surface area (Å²) in [7, 11) is 0. The van der Waals surface area contributed by atoms with Gasteiger partial charge in [-0.2, -0.15) is 0 Å². The number of hydrogen-bond donors (Lipinski definition) is 3. The molecule has 0 fully saturated rings. The predicted molar refractivity (Wildman–Crippen MR) is 44.8 cm³/mol. The molecule has 4 heteroatoms. The van der Waals surface area contributed by atoms with Gasteiger partial charge in [-0.25, -0.2) is 4.39 Å². The number of nitrogen functional groups attached to an aromatic ring is 1. The van der Waals surface area contributed by atoms with Gasteiger partial charge in [0.2, 0.25) is 0 Å². The molecule has 12 heavy (non-hydrogen) atoms. The Hall–Kier alpha value is -1.13. The van der Waals surface area contributed by atoms with Crippen LogP contribution >= 0.6 is 0 Å². The van der Waals surface area contributed by atoms with Gasteiger partial charge < -0.3 is 16.6 Å². The van der Waals surface area contributed by atoms with E-state index in [0.29, 0.717) is 11.3 Å². The third-order valence-corrected chi connectivity index (χ3v) is 1.65. The van der Waals surface area contributed by atoms with Gasteiger partial charge in [0.15, 0.2) is 0 Å². The third kappa shape index (κ3) is 1.72. The average molecular weight is 170 g/mol. The Balaban J connectivity index is 3.04. The zero-order chi connectivity index (χ0) is 9.14. The van der Waals surface area contributed by atoms with E-state index >= 15 is 0 Å². The molecule has 1 aromatic rings. The third-order valence-electron chi connectivity index (χ3n) is 1.65. The summed E-state index contributed by atoms with van der Waals surface area (Å²) in [5.74, 6) is -0.400. The Morgan fingerprint density at radius 1 is 1.50 bits per heavy atom. The molecule has 0 saturated carbocycles. The first kappa shape index (κ1) is 8.96. The SMILES string of the molecule is Nc1ccc(F)cc1C(N)CO. The van der Waals surface area contributed by atoms with Gasteiger partial charge in [0.05, 0.1) is 12.6 Å². The molecule has 0 heterocycles.